The zero-order valence-electron chi connectivity index (χ0n) is 11.4. The molecule has 0 aliphatic carbocycles. The molecule has 0 aromatic heterocycles. The number of ether oxygens (including phenoxy) is 1. The third-order valence-electron chi connectivity index (χ3n) is 3.45. The highest BCUT2D eigenvalue weighted by Gasteiger charge is 2.21. The monoisotopic (exact) mass is 250 g/mol. The first-order chi connectivity index (χ1) is 8.65. The van der Waals surface area contributed by atoms with Crippen molar-refractivity contribution in [1.29, 1.82) is 0 Å². The molecule has 2 atom stereocenters. The van der Waals surface area contributed by atoms with Crippen molar-refractivity contribution in [2.45, 2.75) is 39.0 Å². The molecule has 2 N–H and O–H groups in total. The molecular weight excluding hydrogens is 226 g/mol. The average molecular weight is 250 g/mol. The van der Waals surface area contributed by atoms with Crippen LogP contribution in [0.5, 0.6) is 0 Å². The second-order valence-electron chi connectivity index (χ2n) is 5.44. The van der Waals surface area contributed by atoms with E-state index in [-0.39, 0.29) is 12.2 Å². The standard InChI is InChI=1S/C15H23NO2/c1-12(2)18-11-15(17)10-16-8-7-13-5-3-4-6-14(13)9-16/h3-6,12,15,17H,7-11H2,1-2H3/p+1. The maximum absolute atomic E-state index is 9.95. The Morgan fingerprint density at radius 3 is 2.72 bits per heavy atom. The normalized spacial score (nSPS) is 20.8. The van der Waals surface area contributed by atoms with Crippen LogP contribution in [0.3, 0.4) is 0 Å². The first-order valence-electron chi connectivity index (χ1n) is 6.85. The van der Waals surface area contributed by atoms with Gasteiger partial charge in [0.25, 0.3) is 0 Å². The fourth-order valence-electron chi connectivity index (χ4n) is 2.51. The lowest BCUT2D eigenvalue weighted by Gasteiger charge is -2.27. The predicted octanol–water partition coefficient (Wildman–Crippen LogP) is 0.414. The molecule has 2 rings (SSSR count). The van der Waals surface area contributed by atoms with Gasteiger partial charge in [0.15, 0.2) is 0 Å². The van der Waals surface area contributed by atoms with Crippen molar-refractivity contribution in [2.24, 2.45) is 0 Å². The Labute approximate surface area is 109 Å². The third-order valence-corrected chi connectivity index (χ3v) is 3.45. The van der Waals surface area contributed by atoms with Crippen molar-refractivity contribution in [3.8, 4) is 0 Å². The smallest absolute Gasteiger partial charge is 0.126 e. The van der Waals surface area contributed by atoms with Crippen molar-refractivity contribution in [3.63, 3.8) is 0 Å². The molecule has 0 fully saturated rings. The molecule has 18 heavy (non-hydrogen) atoms. The van der Waals surface area contributed by atoms with Crippen LogP contribution in [-0.2, 0) is 17.7 Å². The highest BCUT2D eigenvalue weighted by atomic mass is 16.5. The van der Waals surface area contributed by atoms with E-state index in [1.807, 2.05) is 13.8 Å². The van der Waals surface area contributed by atoms with Crippen LogP contribution in [0.25, 0.3) is 0 Å². The Hall–Kier alpha value is -0.900. The highest BCUT2D eigenvalue weighted by Crippen LogP contribution is 2.10. The fraction of sp³-hybridized carbons (Fsp3) is 0.600. The van der Waals surface area contributed by atoms with Crippen LogP contribution in [0.4, 0.5) is 0 Å². The molecule has 0 radical (unpaired) electrons. The highest BCUT2D eigenvalue weighted by molar-refractivity contribution is 5.27. The lowest BCUT2D eigenvalue weighted by Crippen LogP contribution is -3.13. The molecule has 3 nitrogen and oxygen atoms in total. The number of aliphatic hydroxyl groups excluding tert-OH is 1. The molecule has 3 heteroatoms. The van der Waals surface area contributed by atoms with Gasteiger partial charge in [-0.25, -0.2) is 0 Å². The van der Waals surface area contributed by atoms with Gasteiger partial charge in [0, 0.05) is 12.0 Å². The van der Waals surface area contributed by atoms with Gasteiger partial charge in [-0.1, -0.05) is 24.3 Å². The quantitative estimate of drug-likeness (QED) is 0.794. The molecule has 1 aliphatic rings. The summed E-state index contributed by atoms with van der Waals surface area (Å²) < 4.78 is 5.45. The van der Waals surface area contributed by atoms with Gasteiger partial charge in [0.05, 0.1) is 19.3 Å². The van der Waals surface area contributed by atoms with Crippen molar-refractivity contribution in [3.05, 3.63) is 35.4 Å². The van der Waals surface area contributed by atoms with Gasteiger partial charge in [-0.15, -0.1) is 0 Å². The number of hydrogen-bond acceptors (Lipinski definition) is 2. The number of rotatable bonds is 5. The summed E-state index contributed by atoms with van der Waals surface area (Å²) in [6, 6.07) is 8.62. The molecule has 0 saturated carbocycles. The van der Waals surface area contributed by atoms with E-state index in [0.29, 0.717) is 6.61 Å². The molecule has 1 heterocycles. The lowest BCUT2D eigenvalue weighted by atomic mass is 10.00. The van der Waals surface area contributed by atoms with Crippen LogP contribution < -0.4 is 4.90 Å². The van der Waals surface area contributed by atoms with E-state index in [1.165, 1.54) is 16.0 Å². The van der Waals surface area contributed by atoms with E-state index < -0.39 is 0 Å². The van der Waals surface area contributed by atoms with E-state index in [0.717, 1.165) is 26.1 Å². The molecule has 1 aromatic rings. The summed E-state index contributed by atoms with van der Waals surface area (Å²) in [6.45, 7) is 7.35. The number of fused-ring (bicyclic) bond motifs is 1. The van der Waals surface area contributed by atoms with Gasteiger partial charge in [0.1, 0.15) is 19.2 Å². The minimum absolute atomic E-state index is 0.191. The molecule has 0 saturated heterocycles. The Kier molecular flexibility index (Phi) is 4.75. The van der Waals surface area contributed by atoms with Crippen molar-refractivity contribution in [2.75, 3.05) is 19.7 Å². The van der Waals surface area contributed by atoms with Crippen molar-refractivity contribution in [1.82, 2.24) is 0 Å². The van der Waals surface area contributed by atoms with Gasteiger partial charge >= 0.3 is 0 Å². The molecule has 1 aromatic carbocycles. The van der Waals surface area contributed by atoms with E-state index in [9.17, 15) is 5.11 Å². The zero-order chi connectivity index (χ0) is 13.0. The molecule has 2 unspecified atom stereocenters. The first kappa shape index (κ1) is 13.5. The molecule has 0 spiro atoms. The van der Waals surface area contributed by atoms with Crippen LogP contribution in [0.15, 0.2) is 24.3 Å². The van der Waals surface area contributed by atoms with Crippen LogP contribution >= 0.6 is 0 Å². The summed E-state index contributed by atoms with van der Waals surface area (Å²) in [5, 5.41) is 9.95. The van der Waals surface area contributed by atoms with Crippen molar-refractivity contribution < 1.29 is 14.7 Å². The largest absolute Gasteiger partial charge is 0.385 e. The van der Waals surface area contributed by atoms with E-state index in [4.69, 9.17) is 4.74 Å². The fourth-order valence-corrected chi connectivity index (χ4v) is 2.51. The number of hydrogen-bond donors (Lipinski definition) is 2. The summed E-state index contributed by atoms with van der Waals surface area (Å²) >= 11 is 0. The SMILES string of the molecule is CC(C)OCC(O)C[NH+]1CCc2ccccc2C1. The van der Waals surface area contributed by atoms with Gasteiger partial charge in [0.2, 0.25) is 0 Å². The summed E-state index contributed by atoms with van der Waals surface area (Å²) in [4.78, 5) is 1.45. The minimum atomic E-state index is -0.354. The average Bonchev–Trinajstić information content (AvgIpc) is 2.36. The summed E-state index contributed by atoms with van der Waals surface area (Å²) in [5.41, 5.74) is 2.89. The number of benzene rings is 1. The van der Waals surface area contributed by atoms with E-state index in [1.54, 1.807) is 0 Å². The van der Waals surface area contributed by atoms with E-state index in [2.05, 4.69) is 24.3 Å². The lowest BCUT2D eigenvalue weighted by molar-refractivity contribution is -0.919. The maximum atomic E-state index is 9.95. The van der Waals surface area contributed by atoms with Crippen LogP contribution in [0.2, 0.25) is 0 Å². The number of aliphatic hydroxyl groups is 1. The van der Waals surface area contributed by atoms with Crippen LogP contribution in [0, 0.1) is 0 Å². The predicted molar refractivity (Wildman–Crippen MR) is 71.6 cm³/mol. The van der Waals surface area contributed by atoms with Crippen molar-refractivity contribution >= 4 is 0 Å². The van der Waals surface area contributed by atoms with Gasteiger partial charge in [-0.2, -0.15) is 0 Å². The van der Waals surface area contributed by atoms with Gasteiger partial charge in [-0.3, -0.25) is 0 Å². The summed E-state index contributed by atoms with van der Waals surface area (Å²) in [7, 11) is 0. The molecule has 1 aliphatic heterocycles. The molecule has 100 valence electrons. The molecular formula is C15H24NO2+. The number of nitrogens with one attached hydrogen (secondary N) is 1. The minimum Gasteiger partial charge on any atom is -0.385 e. The topological polar surface area (TPSA) is 33.9 Å². The maximum Gasteiger partial charge on any atom is 0.126 e. The van der Waals surface area contributed by atoms with Gasteiger partial charge < -0.3 is 14.7 Å². The first-order valence-corrected chi connectivity index (χ1v) is 6.85. The Balaban J connectivity index is 1.82. The molecule has 0 amide bonds. The van der Waals surface area contributed by atoms with Crippen LogP contribution in [-0.4, -0.2) is 37.0 Å². The van der Waals surface area contributed by atoms with Gasteiger partial charge in [-0.05, 0) is 19.4 Å². The zero-order valence-corrected chi connectivity index (χ0v) is 11.4. The number of quaternary nitrogens is 1. The van der Waals surface area contributed by atoms with Crippen LogP contribution in [0.1, 0.15) is 25.0 Å². The Bertz CT molecular complexity index is 379. The second kappa shape index (κ2) is 6.32. The Morgan fingerprint density at radius 1 is 1.28 bits per heavy atom. The summed E-state index contributed by atoms with van der Waals surface area (Å²) in [6.07, 6.45) is 0.952. The third kappa shape index (κ3) is 3.80. The second-order valence-corrected chi connectivity index (χ2v) is 5.44. The summed E-state index contributed by atoms with van der Waals surface area (Å²) in [5.74, 6) is 0. The molecule has 0 bridgehead atoms. The van der Waals surface area contributed by atoms with E-state index >= 15 is 0 Å². The Morgan fingerprint density at radius 2 is 2.00 bits per heavy atom.